The molecule has 5 rings (SSSR count). The fourth-order valence-corrected chi connectivity index (χ4v) is 7.84. The average Bonchev–Trinajstić information content (AvgIpc) is 3.09. The highest BCUT2D eigenvalue weighted by Crippen LogP contribution is 2.35. The molecule has 0 spiro atoms. The molecule has 0 aliphatic carbocycles. The van der Waals surface area contributed by atoms with E-state index in [1.54, 1.807) is 4.90 Å². The Labute approximate surface area is 302 Å². The quantitative estimate of drug-likeness (QED) is 0.202. The van der Waals surface area contributed by atoms with Crippen LogP contribution in [0.5, 0.6) is 0 Å². The van der Waals surface area contributed by atoms with E-state index in [2.05, 4.69) is 46.1 Å². The van der Waals surface area contributed by atoms with E-state index in [9.17, 15) is 19.5 Å². The molecule has 0 bridgehead atoms. The summed E-state index contributed by atoms with van der Waals surface area (Å²) in [6.45, 7) is 17.7. The Balaban J connectivity index is 1.43. The summed E-state index contributed by atoms with van der Waals surface area (Å²) in [7, 11) is 0. The van der Waals surface area contributed by atoms with Crippen LogP contribution in [0.15, 0.2) is 41.3 Å². The number of amides is 2. The van der Waals surface area contributed by atoms with Gasteiger partial charge in [-0.2, -0.15) is 0 Å². The fraction of sp³-hybridized carbons (Fsp3) is 0.550. The Morgan fingerprint density at radius 2 is 1.73 bits per heavy atom. The number of H-pyrrole nitrogens is 1. The van der Waals surface area contributed by atoms with E-state index in [1.165, 1.54) is 0 Å². The van der Waals surface area contributed by atoms with E-state index in [0.717, 1.165) is 97.6 Å². The molecule has 2 aliphatic heterocycles. The Morgan fingerprint density at radius 1 is 1.02 bits per heavy atom. The van der Waals surface area contributed by atoms with Crippen molar-refractivity contribution < 1.29 is 19.4 Å². The lowest BCUT2D eigenvalue weighted by molar-refractivity contribution is 0.0615. The van der Waals surface area contributed by atoms with Gasteiger partial charge in [-0.25, -0.2) is 9.78 Å². The van der Waals surface area contributed by atoms with Crippen molar-refractivity contribution in [3.63, 3.8) is 0 Å². The van der Waals surface area contributed by atoms with E-state index < -0.39 is 11.6 Å². The van der Waals surface area contributed by atoms with E-state index in [1.807, 2.05) is 59.0 Å². The van der Waals surface area contributed by atoms with Crippen LogP contribution in [-0.2, 0) is 17.7 Å². The van der Waals surface area contributed by atoms with Gasteiger partial charge >= 0.3 is 6.09 Å². The Morgan fingerprint density at radius 3 is 2.31 bits per heavy atom. The van der Waals surface area contributed by atoms with Crippen molar-refractivity contribution in [2.75, 3.05) is 42.6 Å². The van der Waals surface area contributed by atoms with Crippen LogP contribution in [0.3, 0.4) is 0 Å². The summed E-state index contributed by atoms with van der Waals surface area (Å²) < 4.78 is 5.68. The minimum atomic E-state index is -0.877. The molecule has 0 unspecified atom stereocenters. The SMILES string of the molecule is CCCc1cc(C)[nH]c(=O)c1CNC(=O)c1cc(-c2ccc(N3CCC(N(C(=O)O)C(C)(C)C)CC3)nc2)cc(N(CC)C2CCOCC2)c1C. The lowest BCUT2D eigenvalue weighted by Gasteiger charge is -2.43. The van der Waals surface area contributed by atoms with Crippen LogP contribution in [0, 0.1) is 13.8 Å². The van der Waals surface area contributed by atoms with Gasteiger partial charge in [-0.15, -0.1) is 0 Å². The normalized spacial score (nSPS) is 15.9. The zero-order valence-corrected chi connectivity index (χ0v) is 31.5. The standard InChI is InChI=1S/C40H56N6O5/c1-8-10-28-21-26(3)43-38(48)34(28)25-42-37(47)33-22-30(23-35(27(33)4)45(9-2)31-15-19-51-20-16-31)29-11-12-36(41-24-29)44-17-13-32(14-18-44)46(39(49)50)40(5,6)7/h11-12,21-24,31-32H,8-10,13-20,25H2,1-7H3,(H,42,47)(H,43,48)(H,49,50). The lowest BCUT2D eigenvalue weighted by Crippen LogP contribution is -2.54. The number of anilines is 2. The maximum absolute atomic E-state index is 14.0. The first-order chi connectivity index (χ1) is 24.3. The zero-order chi connectivity index (χ0) is 36.9. The summed E-state index contributed by atoms with van der Waals surface area (Å²) in [5, 5.41) is 13.0. The van der Waals surface area contributed by atoms with Gasteiger partial charge in [0.05, 0.1) is 0 Å². The van der Waals surface area contributed by atoms with Gasteiger partial charge in [0.25, 0.3) is 11.5 Å². The van der Waals surface area contributed by atoms with Crippen LogP contribution in [0.25, 0.3) is 11.1 Å². The number of hydrogen-bond acceptors (Lipinski definition) is 7. The number of piperidine rings is 1. The molecule has 2 aliphatic rings. The van der Waals surface area contributed by atoms with E-state index >= 15 is 0 Å². The molecule has 2 amide bonds. The predicted octanol–water partition coefficient (Wildman–Crippen LogP) is 6.69. The second kappa shape index (κ2) is 16.3. The summed E-state index contributed by atoms with van der Waals surface area (Å²) in [5.41, 5.74) is 6.03. The average molecular weight is 701 g/mol. The number of carbonyl (C=O) groups is 2. The number of hydrogen-bond donors (Lipinski definition) is 3. The minimum absolute atomic E-state index is 0.0339. The number of nitrogens with zero attached hydrogens (tertiary/aromatic N) is 4. The number of aryl methyl sites for hydroxylation is 2. The van der Waals surface area contributed by atoms with Crippen molar-refractivity contribution in [2.24, 2.45) is 0 Å². The van der Waals surface area contributed by atoms with Crippen LogP contribution in [0.4, 0.5) is 16.3 Å². The van der Waals surface area contributed by atoms with E-state index in [0.29, 0.717) is 30.4 Å². The highest BCUT2D eigenvalue weighted by atomic mass is 16.5. The molecule has 2 fully saturated rings. The molecule has 3 aromatic rings. The van der Waals surface area contributed by atoms with Gasteiger partial charge in [-0.05, 0) is 121 Å². The molecule has 11 heteroatoms. The summed E-state index contributed by atoms with van der Waals surface area (Å²) in [6, 6.07) is 10.4. The van der Waals surface area contributed by atoms with Crippen molar-refractivity contribution >= 4 is 23.5 Å². The maximum Gasteiger partial charge on any atom is 0.407 e. The molecule has 2 saturated heterocycles. The number of rotatable bonds is 11. The third-order valence-corrected chi connectivity index (χ3v) is 10.4. The molecule has 4 heterocycles. The molecule has 0 radical (unpaired) electrons. The summed E-state index contributed by atoms with van der Waals surface area (Å²) in [5.74, 6) is 0.628. The summed E-state index contributed by atoms with van der Waals surface area (Å²) in [4.78, 5) is 53.0. The first kappa shape index (κ1) is 37.9. The third-order valence-electron chi connectivity index (χ3n) is 10.4. The highest BCUT2D eigenvalue weighted by molar-refractivity contribution is 5.99. The monoisotopic (exact) mass is 700 g/mol. The molecule has 51 heavy (non-hydrogen) atoms. The van der Waals surface area contributed by atoms with Crippen molar-refractivity contribution in [2.45, 2.75) is 111 Å². The first-order valence-electron chi connectivity index (χ1n) is 18.5. The molecule has 276 valence electrons. The zero-order valence-electron chi connectivity index (χ0n) is 31.5. The van der Waals surface area contributed by atoms with Gasteiger partial charge in [-0.1, -0.05) is 13.3 Å². The number of pyridine rings is 2. The number of carbonyl (C=O) groups excluding carboxylic acids is 1. The third kappa shape index (κ3) is 8.75. The van der Waals surface area contributed by atoms with Crippen LogP contribution in [-0.4, -0.2) is 82.4 Å². The largest absolute Gasteiger partial charge is 0.465 e. The van der Waals surface area contributed by atoms with Crippen LogP contribution < -0.4 is 20.7 Å². The van der Waals surface area contributed by atoms with E-state index in [-0.39, 0.29) is 24.1 Å². The van der Waals surface area contributed by atoms with Gasteiger partial charge in [0.1, 0.15) is 5.82 Å². The van der Waals surface area contributed by atoms with Crippen molar-refractivity contribution in [1.29, 1.82) is 0 Å². The van der Waals surface area contributed by atoms with Crippen molar-refractivity contribution in [3.8, 4) is 11.1 Å². The number of carboxylic acid groups (broad SMARTS) is 1. The molecule has 1 aromatic carbocycles. The molecule has 11 nitrogen and oxygen atoms in total. The molecule has 3 N–H and O–H groups in total. The topological polar surface area (TPSA) is 131 Å². The van der Waals surface area contributed by atoms with Gasteiger partial charge in [0.15, 0.2) is 0 Å². The lowest BCUT2D eigenvalue weighted by atomic mass is 9.95. The van der Waals surface area contributed by atoms with Gasteiger partial charge < -0.3 is 34.8 Å². The maximum atomic E-state index is 14.0. The number of ether oxygens (including phenoxy) is 1. The van der Waals surface area contributed by atoms with Crippen LogP contribution >= 0.6 is 0 Å². The molecule has 0 saturated carbocycles. The highest BCUT2D eigenvalue weighted by Gasteiger charge is 2.35. The fourth-order valence-electron chi connectivity index (χ4n) is 7.84. The molecular formula is C40H56N6O5. The molecular weight excluding hydrogens is 644 g/mol. The number of benzene rings is 1. The van der Waals surface area contributed by atoms with Gasteiger partial charge in [0, 0.05) is 91.3 Å². The second-order valence-corrected chi connectivity index (χ2v) is 15.0. The minimum Gasteiger partial charge on any atom is -0.465 e. The summed E-state index contributed by atoms with van der Waals surface area (Å²) >= 11 is 0. The number of aromatic nitrogens is 2. The summed E-state index contributed by atoms with van der Waals surface area (Å²) in [6.07, 6.45) is 5.97. The van der Waals surface area contributed by atoms with Gasteiger partial charge in [-0.3, -0.25) is 9.59 Å². The Hall–Kier alpha value is -4.38. The molecule has 0 atom stereocenters. The molecule has 2 aromatic heterocycles. The Bertz CT molecular complexity index is 1730. The van der Waals surface area contributed by atoms with Crippen molar-refractivity contribution in [1.82, 2.24) is 20.2 Å². The van der Waals surface area contributed by atoms with Crippen LogP contribution in [0.1, 0.15) is 99.5 Å². The first-order valence-corrected chi connectivity index (χ1v) is 18.5. The van der Waals surface area contributed by atoms with Gasteiger partial charge in [0.2, 0.25) is 0 Å². The second-order valence-electron chi connectivity index (χ2n) is 15.0. The van der Waals surface area contributed by atoms with Crippen LogP contribution in [0.2, 0.25) is 0 Å². The van der Waals surface area contributed by atoms with E-state index in [4.69, 9.17) is 9.72 Å². The number of aromatic amines is 1. The Kier molecular flexibility index (Phi) is 12.1. The van der Waals surface area contributed by atoms with Crippen molar-refractivity contribution in [3.05, 3.63) is 74.8 Å². The smallest absolute Gasteiger partial charge is 0.407 e. The number of nitrogens with one attached hydrogen (secondary N) is 2. The predicted molar refractivity (Wildman–Crippen MR) is 203 cm³/mol.